The maximum absolute atomic E-state index is 12.1. The van der Waals surface area contributed by atoms with E-state index in [0.29, 0.717) is 30.7 Å². The van der Waals surface area contributed by atoms with Gasteiger partial charge < -0.3 is 5.73 Å². The van der Waals surface area contributed by atoms with Crippen LogP contribution in [0.5, 0.6) is 0 Å². The van der Waals surface area contributed by atoms with E-state index in [2.05, 4.69) is 9.71 Å². The third kappa shape index (κ3) is 3.19. The summed E-state index contributed by atoms with van der Waals surface area (Å²) in [5.74, 6) is 0.443. The fourth-order valence-electron chi connectivity index (χ4n) is 1.96. The van der Waals surface area contributed by atoms with Crippen molar-refractivity contribution in [1.82, 2.24) is 9.29 Å². The monoisotopic (exact) mass is 290 g/mol. The quantitative estimate of drug-likeness (QED) is 0.857. The summed E-state index contributed by atoms with van der Waals surface area (Å²) in [6.07, 6.45) is 3.31. The highest BCUT2D eigenvalue weighted by Crippen LogP contribution is 2.22. The Morgan fingerprint density at radius 1 is 1.56 bits per heavy atom. The van der Waals surface area contributed by atoms with Gasteiger partial charge in [-0.15, -0.1) is 11.3 Å². The summed E-state index contributed by atoms with van der Waals surface area (Å²) in [5.41, 5.74) is 5.59. The molecule has 0 aromatic carbocycles. The molecular formula is C10H18N4O2S2. The summed E-state index contributed by atoms with van der Waals surface area (Å²) in [4.78, 5) is 4.99. The minimum atomic E-state index is -3.46. The second-order valence-electron chi connectivity index (χ2n) is 4.46. The van der Waals surface area contributed by atoms with Gasteiger partial charge in [-0.2, -0.15) is 12.7 Å². The van der Waals surface area contributed by atoms with Crippen molar-refractivity contribution in [3.05, 3.63) is 11.1 Å². The molecule has 1 aromatic rings. The Labute approximate surface area is 111 Å². The number of piperidine rings is 1. The highest BCUT2D eigenvalue weighted by Gasteiger charge is 2.27. The van der Waals surface area contributed by atoms with Gasteiger partial charge in [-0.1, -0.05) is 0 Å². The number of nitrogens with two attached hydrogens (primary N) is 1. The zero-order valence-electron chi connectivity index (χ0n) is 10.3. The lowest BCUT2D eigenvalue weighted by molar-refractivity contribution is 0.280. The number of anilines is 1. The van der Waals surface area contributed by atoms with Crippen LogP contribution in [0.15, 0.2) is 6.20 Å². The van der Waals surface area contributed by atoms with E-state index in [4.69, 9.17) is 5.73 Å². The molecule has 1 aliphatic heterocycles. The summed E-state index contributed by atoms with van der Waals surface area (Å²) < 4.78 is 28.2. The fourth-order valence-corrected chi connectivity index (χ4v) is 4.05. The van der Waals surface area contributed by atoms with Gasteiger partial charge in [0.15, 0.2) is 5.13 Å². The SMILES string of the molecule is Cc1cnc(NS(=O)(=O)N2CCC(CN)CC2)s1. The maximum Gasteiger partial charge on any atom is 0.303 e. The van der Waals surface area contributed by atoms with E-state index in [0.717, 1.165) is 17.7 Å². The number of aromatic nitrogens is 1. The first-order valence-electron chi connectivity index (χ1n) is 5.91. The Balaban J connectivity index is 1.99. The van der Waals surface area contributed by atoms with Crippen molar-refractivity contribution in [2.75, 3.05) is 24.4 Å². The lowest BCUT2D eigenvalue weighted by Gasteiger charge is -2.30. The van der Waals surface area contributed by atoms with Gasteiger partial charge in [-0.05, 0) is 32.2 Å². The molecule has 1 aromatic heterocycles. The van der Waals surface area contributed by atoms with Gasteiger partial charge in [-0.25, -0.2) is 9.71 Å². The molecule has 3 N–H and O–H groups in total. The van der Waals surface area contributed by atoms with E-state index in [-0.39, 0.29) is 0 Å². The van der Waals surface area contributed by atoms with E-state index in [1.165, 1.54) is 15.6 Å². The van der Waals surface area contributed by atoms with E-state index < -0.39 is 10.2 Å². The van der Waals surface area contributed by atoms with Crippen LogP contribution in [-0.4, -0.2) is 37.3 Å². The van der Waals surface area contributed by atoms with Crippen molar-refractivity contribution in [2.24, 2.45) is 11.7 Å². The molecular weight excluding hydrogens is 272 g/mol. The smallest absolute Gasteiger partial charge is 0.303 e. The summed E-state index contributed by atoms with van der Waals surface area (Å²) in [7, 11) is -3.46. The van der Waals surface area contributed by atoms with Gasteiger partial charge in [-0.3, -0.25) is 0 Å². The molecule has 2 rings (SSSR count). The molecule has 0 spiro atoms. The van der Waals surface area contributed by atoms with Crippen LogP contribution in [0, 0.1) is 12.8 Å². The minimum Gasteiger partial charge on any atom is -0.330 e. The van der Waals surface area contributed by atoms with Crippen LogP contribution >= 0.6 is 11.3 Å². The average molecular weight is 290 g/mol. The number of aryl methyl sites for hydroxylation is 1. The lowest BCUT2D eigenvalue weighted by atomic mass is 9.99. The molecule has 0 amide bonds. The molecule has 0 bridgehead atoms. The standard InChI is InChI=1S/C10H18N4O2S2/c1-8-7-12-10(17-8)13-18(15,16)14-4-2-9(6-11)3-5-14/h7,9H,2-6,11H2,1H3,(H,12,13). The summed E-state index contributed by atoms with van der Waals surface area (Å²) >= 11 is 1.34. The molecule has 8 heteroatoms. The third-order valence-corrected chi connectivity index (χ3v) is 5.54. The predicted molar refractivity (Wildman–Crippen MR) is 72.7 cm³/mol. The zero-order valence-corrected chi connectivity index (χ0v) is 11.9. The molecule has 0 atom stereocenters. The molecule has 6 nitrogen and oxygen atoms in total. The Kier molecular flexibility index (Phi) is 4.21. The predicted octanol–water partition coefficient (Wildman–Crippen LogP) is 0.779. The fraction of sp³-hybridized carbons (Fsp3) is 0.700. The molecule has 1 aliphatic rings. The highest BCUT2D eigenvalue weighted by molar-refractivity contribution is 7.90. The number of rotatable bonds is 4. The number of thiazole rings is 1. The van der Waals surface area contributed by atoms with Crippen molar-refractivity contribution < 1.29 is 8.42 Å². The molecule has 1 fully saturated rings. The highest BCUT2D eigenvalue weighted by atomic mass is 32.2. The number of nitrogens with zero attached hydrogens (tertiary/aromatic N) is 2. The van der Waals surface area contributed by atoms with Crippen LogP contribution in [-0.2, 0) is 10.2 Å². The van der Waals surface area contributed by atoms with Gasteiger partial charge in [0.2, 0.25) is 0 Å². The first kappa shape index (κ1) is 13.7. The van der Waals surface area contributed by atoms with Crippen molar-refractivity contribution in [1.29, 1.82) is 0 Å². The second-order valence-corrected chi connectivity index (χ2v) is 7.37. The molecule has 102 valence electrons. The van der Waals surface area contributed by atoms with Crippen LogP contribution in [0.2, 0.25) is 0 Å². The minimum absolute atomic E-state index is 0.424. The lowest BCUT2D eigenvalue weighted by Crippen LogP contribution is -2.42. The number of nitrogens with one attached hydrogen (secondary N) is 1. The molecule has 0 saturated carbocycles. The summed E-state index contributed by atoms with van der Waals surface area (Å²) in [5, 5.41) is 0.424. The Morgan fingerprint density at radius 2 is 2.22 bits per heavy atom. The first-order chi connectivity index (χ1) is 8.51. The van der Waals surface area contributed by atoms with Gasteiger partial charge in [0.05, 0.1) is 0 Å². The number of hydrogen-bond acceptors (Lipinski definition) is 5. The van der Waals surface area contributed by atoms with Crippen LogP contribution in [0.4, 0.5) is 5.13 Å². The van der Waals surface area contributed by atoms with Gasteiger partial charge in [0, 0.05) is 24.2 Å². The van der Waals surface area contributed by atoms with Crippen molar-refractivity contribution in [3.8, 4) is 0 Å². The normalized spacial score (nSPS) is 19.0. The molecule has 0 aliphatic carbocycles. The maximum atomic E-state index is 12.1. The van der Waals surface area contributed by atoms with E-state index in [1.807, 2.05) is 6.92 Å². The Hall–Kier alpha value is -0.700. The molecule has 18 heavy (non-hydrogen) atoms. The van der Waals surface area contributed by atoms with Crippen LogP contribution in [0.1, 0.15) is 17.7 Å². The van der Waals surface area contributed by atoms with Crippen LogP contribution in [0.25, 0.3) is 0 Å². The van der Waals surface area contributed by atoms with Crippen LogP contribution < -0.4 is 10.5 Å². The van der Waals surface area contributed by atoms with Crippen molar-refractivity contribution >= 4 is 26.7 Å². The van der Waals surface area contributed by atoms with Gasteiger partial charge >= 0.3 is 10.2 Å². The summed E-state index contributed by atoms with van der Waals surface area (Å²) in [6.45, 7) is 3.58. The third-order valence-electron chi connectivity index (χ3n) is 3.08. The van der Waals surface area contributed by atoms with Crippen molar-refractivity contribution in [3.63, 3.8) is 0 Å². The molecule has 2 heterocycles. The molecule has 0 unspecified atom stereocenters. The average Bonchev–Trinajstić information content (AvgIpc) is 2.74. The first-order valence-corrected chi connectivity index (χ1v) is 8.17. The largest absolute Gasteiger partial charge is 0.330 e. The molecule has 0 radical (unpaired) electrons. The van der Waals surface area contributed by atoms with Gasteiger partial charge in [0.1, 0.15) is 0 Å². The Morgan fingerprint density at radius 3 is 2.72 bits per heavy atom. The van der Waals surface area contributed by atoms with E-state index in [9.17, 15) is 8.42 Å². The molecule has 1 saturated heterocycles. The van der Waals surface area contributed by atoms with E-state index in [1.54, 1.807) is 6.20 Å². The number of hydrogen-bond donors (Lipinski definition) is 2. The topological polar surface area (TPSA) is 88.3 Å². The van der Waals surface area contributed by atoms with E-state index >= 15 is 0 Å². The van der Waals surface area contributed by atoms with Crippen LogP contribution in [0.3, 0.4) is 0 Å². The summed E-state index contributed by atoms with van der Waals surface area (Å²) in [6, 6.07) is 0. The van der Waals surface area contributed by atoms with Crippen molar-refractivity contribution in [2.45, 2.75) is 19.8 Å². The van der Waals surface area contributed by atoms with Gasteiger partial charge in [0.25, 0.3) is 0 Å². The second kappa shape index (κ2) is 5.52. The zero-order chi connectivity index (χ0) is 13.2. The Bertz CT molecular complexity index is 492.